The Labute approximate surface area is 307 Å². The van der Waals surface area contributed by atoms with Gasteiger partial charge in [0.25, 0.3) is 5.92 Å². The molecule has 52 heavy (non-hydrogen) atoms. The van der Waals surface area contributed by atoms with Crippen LogP contribution >= 0.6 is 11.6 Å². The molecule has 0 spiro atoms. The number of Topliss-reactive ketones (excluding diaryl/α,β-unsaturated/α-hetero) is 1. The first-order chi connectivity index (χ1) is 24.4. The molecule has 3 amide bonds. The standard InChI is InChI=1S/C35H45ClF2N6O7S/c1-34(2,3)51-33(48)40-22-27(45)21-39-32(47)23-6-8-24(9-7-23)35(37,38)25-19-29(36)41-30(20-25)42-15-17-43(18-16-42)52(49,50)28-12-10-26(11-13-28)44-14-4-5-31(44)46/h10-13,19-20,23-24H,4-9,14-18,21-22H2,1-3H3,(H,39,47)(H,40,48). The van der Waals surface area contributed by atoms with Crippen LogP contribution in [0.3, 0.4) is 0 Å². The van der Waals surface area contributed by atoms with E-state index in [0.29, 0.717) is 18.7 Å². The summed E-state index contributed by atoms with van der Waals surface area (Å²) in [7, 11) is -3.83. The highest BCUT2D eigenvalue weighted by Crippen LogP contribution is 2.46. The van der Waals surface area contributed by atoms with Gasteiger partial charge in [0.1, 0.15) is 16.6 Å². The fraction of sp³-hybridized carbons (Fsp3) is 0.571. The molecule has 0 radical (unpaired) electrons. The van der Waals surface area contributed by atoms with Crippen molar-refractivity contribution >= 4 is 56.8 Å². The fourth-order valence-electron chi connectivity index (χ4n) is 6.69. The molecule has 2 aliphatic heterocycles. The van der Waals surface area contributed by atoms with Crippen LogP contribution in [0.5, 0.6) is 0 Å². The number of carbonyl (C=O) groups is 4. The van der Waals surface area contributed by atoms with E-state index in [1.165, 1.54) is 22.5 Å². The first-order valence-electron chi connectivity index (χ1n) is 17.4. The topological polar surface area (TPSA) is 158 Å². The Morgan fingerprint density at radius 2 is 1.58 bits per heavy atom. The molecule has 2 N–H and O–H groups in total. The van der Waals surface area contributed by atoms with Crippen molar-refractivity contribution in [3.63, 3.8) is 0 Å². The number of amides is 3. The molecule has 1 aliphatic carbocycles. The van der Waals surface area contributed by atoms with Crippen molar-refractivity contribution in [3.05, 3.63) is 47.1 Å². The summed E-state index contributed by atoms with van der Waals surface area (Å²) in [6, 6.07) is 8.68. The number of aromatic nitrogens is 1. The summed E-state index contributed by atoms with van der Waals surface area (Å²) in [6.07, 6.45) is 1.03. The molecule has 5 rings (SSSR count). The molecule has 0 unspecified atom stereocenters. The molecule has 1 saturated carbocycles. The smallest absolute Gasteiger partial charge is 0.408 e. The Balaban J connectivity index is 1.12. The molecule has 1 aromatic heterocycles. The van der Waals surface area contributed by atoms with E-state index < -0.39 is 51.2 Å². The Hall–Kier alpha value is -3.89. The number of anilines is 2. The van der Waals surface area contributed by atoms with Gasteiger partial charge in [-0.05, 0) is 89.3 Å². The summed E-state index contributed by atoms with van der Waals surface area (Å²) in [5, 5.41) is 4.76. The summed E-state index contributed by atoms with van der Waals surface area (Å²) in [5.41, 5.74) is -0.370. The Kier molecular flexibility index (Phi) is 12.1. The number of pyridine rings is 1. The van der Waals surface area contributed by atoms with E-state index in [9.17, 15) is 27.6 Å². The van der Waals surface area contributed by atoms with Gasteiger partial charge in [0.05, 0.1) is 18.0 Å². The zero-order valence-electron chi connectivity index (χ0n) is 29.5. The summed E-state index contributed by atoms with van der Waals surface area (Å²) >= 11 is 6.24. The van der Waals surface area contributed by atoms with Gasteiger partial charge < -0.3 is 25.2 Å². The predicted octanol–water partition coefficient (Wildman–Crippen LogP) is 4.48. The largest absolute Gasteiger partial charge is 0.444 e. The molecule has 17 heteroatoms. The zero-order chi connectivity index (χ0) is 37.8. The minimum absolute atomic E-state index is 0.00864. The van der Waals surface area contributed by atoms with Crippen LogP contribution < -0.4 is 20.4 Å². The van der Waals surface area contributed by atoms with E-state index in [1.54, 1.807) is 42.7 Å². The van der Waals surface area contributed by atoms with Crippen LogP contribution in [0.1, 0.15) is 64.9 Å². The summed E-state index contributed by atoms with van der Waals surface area (Å²) < 4.78 is 65.1. The number of hydrogen-bond donors (Lipinski definition) is 2. The summed E-state index contributed by atoms with van der Waals surface area (Å²) in [4.78, 5) is 56.4. The van der Waals surface area contributed by atoms with E-state index in [4.69, 9.17) is 16.3 Å². The number of nitrogens with one attached hydrogen (secondary N) is 2. The Bertz CT molecular complexity index is 1760. The van der Waals surface area contributed by atoms with Crippen molar-refractivity contribution in [2.75, 3.05) is 55.6 Å². The molecule has 1 aromatic carbocycles. The monoisotopic (exact) mass is 766 g/mol. The number of piperazine rings is 1. The molecular weight excluding hydrogens is 722 g/mol. The second-order valence-corrected chi connectivity index (χ2v) is 16.7. The lowest BCUT2D eigenvalue weighted by Crippen LogP contribution is -2.49. The van der Waals surface area contributed by atoms with E-state index >= 15 is 8.78 Å². The van der Waals surface area contributed by atoms with Gasteiger partial charge in [-0.25, -0.2) is 27.0 Å². The van der Waals surface area contributed by atoms with Crippen LogP contribution in [0.25, 0.3) is 0 Å². The molecular formula is C35H45ClF2N6O7S. The number of hydrogen-bond acceptors (Lipinski definition) is 9. The van der Waals surface area contributed by atoms with Gasteiger partial charge in [0.15, 0.2) is 5.78 Å². The molecule has 284 valence electrons. The van der Waals surface area contributed by atoms with Crippen molar-refractivity contribution in [2.24, 2.45) is 11.8 Å². The third kappa shape index (κ3) is 9.55. The number of carbonyl (C=O) groups excluding carboxylic acids is 4. The van der Waals surface area contributed by atoms with Crippen LogP contribution in [-0.4, -0.2) is 92.8 Å². The molecule has 2 aromatic rings. The number of rotatable bonds is 11. The van der Waals surface area contributed by atoms with Gasteiger partial charge in [0, 0.05) is 62.2 Å². The van der Waals surface area contributed by atoms with Gasteiger partial charge in [-0.15, -0.1) is 0 Å². The molecule has 3 aliphatic rings. The number of ketones is 1. The number of sulfonamides is 1. The normalized spacial score (nSPS) is 20.5. The number of alkyl carbamates (subject to hydrolysis) is 1. The van der Waals surface area contributed by atoms with E-state index in [0.717, 1.165) is 12.5 Å². The highest BCUT2D eigenvalue weighted by molar-refractivity contribution is 7.89. The van der Waals surface area contributed by atoms with Crippen LogP contribution in [0, 0.1) is 11.8 Å². The molecule has 13 nitrogen and oxygen atoms in total. The maximum Gasteiger partial charge on any atom is 0.408 e. The lowest BCUT2D eigenvalue weighted by molar-refractivity contribution is -0.131. The van der Waals surface area contributed by atoms with Crippen molar-refractivity contribution in [1.29, 1.82) is 0 Å². The second kappa shape index (κ2) is 16.0. The van der Waals surface area contributed by atoms with E-state index in [1.807, 2.05) is 0 Å². The van der Waals surface area contributed by atoms with Gasteiger partial charge in [-0.3, -0.25) is 14.4 Å². The summed E-state index contributed by atoms with van der Waals surface area (Å²) in [6.45, 7) is 5.65. The number of ether oxygens (including phenoxy) is 1. The van der Waals surface area contributed by atoms with Gasteiger partial charge in [-0.2, -0.15) is 4.31 Å². The maximum absolute atomic E-state index is 16.0. The SMILES string of the molecule is CC(C)(C)OC(=O)NCC(=O)CNC(=O)C1CCC(C(F)(F)c2cc(Cl)nc(N3CCN(S(=O)(=O)c4ccc(N5CCCC5=O)cc4)CC3)c2)CC1. The van der Waals surface area contributed by atoms with Crippen LogP contribution in [0.2, 0.25) is 5.15 Å². The van der Waals surface area contributed by atoms with Crippen molar-refractivity contribution in [2.45, 2.75) is 75.7 Å². The molecule has 3 heterocycles. The van der Waals surface area contributed by atoms with Crippen LogP contribution in [0.4, 0.5) is 25.1 Å². The lowest BCUT2D eigenvalue weighted by atomic mass is 9.77. The van der Waals surface area contributed by atoms with Crippen LogP contribution in [-0.2, 0) is 35.1 Å². The van der Waals surface area contributed by atoms with Gasteiger partial charge in [0.2, 0.25) is 21.8 Å². The molecule has 0 atom stereocenters. The highest BCUT2D eigenvalue weighted by atomic mass is 35.5. The average Bonchev–Trinajstić information content (AvgIpc) is 3.54. The molecule has 2 saturated heterocycles. The number of alkyl halides is 2. The Morgan fingerprint density at radius 1 is 0.942 bits per heavy atom. The van der Waals surface area contributed by atoms with Crippen LogP contribution in [0.15, 0.2) is 41.3 Å². The fourth-order valence-corrected chi connectivity index (χ4v) is 8.32. The minimum atomic E-state index is -3.83. The van der Waals surface area contributed by atoms with Crippen molar-refractivity contribution < 1.29 is 41.1 Å². The number of nitrogens with zero attached hydrogens (tertiary/aromatic N) is 4. The zero-order valence-corrected chi connectivity index (χ0v) is 31.1. The van der Waals surface area contributed by atoms with Crippen molar-refractivity contribution in [1.82, 2.24) is 19.9 Å². The van der Waals surface area contributed by atoms with Crippen molar-refractivity contribution in [3.8, 4) is 0 Å². The molecule has 3 fully saturated rings. The maximum atomic E-state index is 16.0. The average molecular weight is 767 g/mol. The first-order valence-corrected chi connectivity index (χ1v) is 19.2. The van der Waals surface area contributed by atoms with Gasteiger partial charge in [-0.1, -0.05) is 11.6 Å². The molecule has 0 bridgehead atoms. The second-order valence-electron chi connectivity index (χ2n) is 14.4. The minimum Gasteiger partial charge on any atom is -0.444 e. The third-order valence-electron chi connectivity index (χ3n) is 9.49. The van der Waals surface area contributed by atoms with E-state index in [2.05, 4.69) is 15.6 Å². The first kappa shape index (κ1) is 39.3. The number of halogens is 3. The number of benzene rings is 1. The highest BCUT2D eigenvalue weighted by Gasteiger charge is 2.44. The van der Waals surface area contributed by atoms with Gasteiger partial charge >= 0.3 is 6.09 Å². The summed E-state index contributed by atoms with van der Waals surface area (Å²) in [5.74, 6) is -5.47. The third-order valence-corrected chi connectivity index (χ3v) is 11.6. The predicted molar refractivity (Wildman–Crippen MR) is 190 cm³/mol. The quantitative estimate of drug-likeness (QED) is 0.315. The lowest BCUT2D eigenvalue weighted by Gasteiger charge is -2.36. The van der Waals surface area contributed by atoms with E-state index in [-0.39, 0.29) is 92.3 Å². The Morgan fingerprint density at radius 3 is 2.17 bits per heavy atom.